The summed E-state index contributed by atoms with van der Waals surface area (Å²) in [6.07, 6.45) is 1.32. The summed E-state index contributed by atoms with van der Waals surface area (Å²) in [4.78, 5) is 53.8. The van der Waals surface area contributed by atoms with Crippen LogP contribution in [0.15, 0.2) is 60.7 Å². The molecule has 1 fully saturated rings. The molecule has 2 amide bonds. The van der Waals surface area contributed by atoms with E-state index in [9.17, 15) is 24.3 Å². The first-order valence-corrected chi connectivity index (χ1v) is 16.7. The van der Waals surface area contributed by atoms with E-state index >= 15 is 0 Å². The Morgan fingerprint density at radius 1 is 1.04 bits per heavy atom. The number of nitrogens with one attached hydrogen (secondary N) is 2. The number of benzene rings is 2. The summed E-state index contributed by atoms with van der Waals surface area (Å²) in [7, 11) is 1.50. The Kier molecular flexibility index (Phi) is 12.0. The van der Waals surface area contributed by atoms with E-state index in [1.54, 1.807) is 38.1 Å². The van der Waals surface area contributed by atoms with Crippen molar-refractivity contribution in [3.8, 4) is 5.75 Å². The van der Waals surface area contributed by atoms with Crippen molar-refractivity contribution in [2.45, 2.75) is 84.7 Å². The van der Waals surface area contributed by atoms with E-state index in [0.717, 1.165) is 5.56 Å². The molecule has 2 aromatic carbocycles. The number of hydrogen-bond donors (Lipinski definition) is 3. The molecule has 10 nitrogen and oxygen atoms in total. The third-order valence-electron chi connectivity index (χ3n) is 9.23. The third kappa shape index (κ3) is 9.17. The molecule has 3 N–H and O–H groups in total. The molecule has 0 aromatic heterocycles. The summed E-state index contributed by atoms with van der Waals surface area (Å²) in [5.74, 6) is -2.12. The monoisotopic (exact) mass is 682 g/mol. The predicted octanol–water partition coefficient (Wildman–Crippen LogP) is 5.11. The predicted molar refractivity (Wildman–Crippen MR) is 181 cm³/mol. The molecule has 1 aliphatic heterocycles. The molecule has 0 spiro atoms. The second kappa shape index (κ2) is 15.6. The van der Waals surface area contributed by atoms with Crippen LogP contribution in [0.3, 0.4) is 0 Å². The molecule has 1 heterocycles. The molecule has 1 aliphatic carbocycles. The molecule has 0 bridgehead atoms. The highest BCUT2D eigenvalue weighted by Crippen LogP contribution is 2.61. The molecule has 11 heteroatoms. The van der Waals surface area contributed by atoms with E-state index in [2.05, 4.69) is 10.6 Å². The number of rotatable bonds is 8. The number of aliphatic hydroxyl groups is 1. The Hall–Kier alpha value is -3.89. The first-order valence-electron chi connectivity index (χ1n) is 16.4. The number of ether oxygens (including phenoxy) is 3. The maximum Gasteiger partial charge on any atom is 0.347 e. The summed E-state index contributed by atoms with van der Waals surface area (Å²) < 4.78 is 17.1. The molecule has 260 valence electrons. The number of cyclic esters (lactones) is 2. The molecule has 4 rings (SSSR count). The summed E-state index contributed by atoms with van der Waals surface area (Å²) in [6.45, 7) is 8.88. The Morgan fingerprint density at radius 3 is 2.40 bits per heavy atom. The molecular formula is C37H47ClN2O8. The molecule has 2 aliphatic rings. The van der Waals surface area contributed by atoms with Gasteiger partial charge in [0, 0.05) is 24.8 Å². The number of aliphatic hydroxyl groups excluding tert-OH is 1. The van der Waals surface area contributed by atoms with Gasteiger partial charge in [-0.3, -0.25) is 14.4 Å². The van der Waals surface area contributed by atoms with Crippen LogP contribution in [0, 0.1) is 22.7 Å². The van der Waals surface area contributed by atoms with E-state index < -0.39 is 58.9 Å². The maximum atomic E-state index is 13.7. The summed E-state index contributed by atoms with van der Waals surface area (Å²) in [5, 5.41) is 17.1. The van der Waals surface area contributed by atoms with Crippen LogP contribution in [0.25, 0.3) is 0 Å². The fourth-order valence-corrected chi connectivity index (χ4v) is 6.30. The van der Waals surface area contributed by atoms with E-state index in [4.69, 9.17) is 25.8 Å². The molecule has 0 radical (unpaired) electrons. The molecule has 5 unspecified atom stereocenters. The minimum Gasteiger partial charge on any atom is -0.495 e. The van der Waals surface area contributed by atoms with E-state index in [1.165, 1.54) is 13.2 Å². The highest BCUT2D eigenvalue weighted by atomic mass is 35.5. The average molecular weight is 683 g/mol. The topological polar surface area (TPSA) is 140 Å². The number of amides is 2. The van der Waals surface area contributed by atoms with Gasteiger partial charge in [-0.15, -0.1) is 0 Å². The third-order valence-corrected chi connectivity index (χ3v) is 9.52. The van der Waals surface area contributed by atoms with Crippen LogP contribution in [0.4, 0.5) is 0 Å². The van der Waals surface area contributed by atoms with Gasteiger partial charge in [0.05, 0.1) is 23.7 Å². The highest BCUT2D eigenvalue weighted by Gasteiger charge is 2.60. The Bertz CT molecular complexity index is 1510. The van der Waals surface area contributed by atoms with Crippen molar-refractivity contribution in [1.29, 1.82) is 0 Å². The SMILES string of the molecule is COc1ccc(CC2NC(=O)/C=C/C[C@@H](C3(C)CC3C(O)c3ccccc3)OC(=O)C(CC(C)C)OC(=O)C(C)(C)CNC2=O)cc1Cl. The minimum absolute atomic E-state index is 0.00202. The first kappa shape index (κ1) is 36.9. The van der Waals surface area contributed by atoms with Crippen LogP contribution in [-0.4, -0.2) is 60.8 Å². The lowest BCUT2D eigenvalue weighted by atomic mass is 9.91. The number of carbonyl (C=O) groups excluding carboxylic acids is 4. The number of esters is 2. The zero-order chi connectivity index (χ0) is 35.2. The number of hydrogen-bond acceptors (Lipinski definition) is 8. The van der Waals surface area contributed by atoms with Crippen molar-refractivity contribution < 1.29 is 38.5 Å². The van der Waals surface area contributed by atoms with Gasteiger partial charge in [-0.05, 0) is 67.9 Å². The van der Waals surface area contributed by atoms with Crippen molar-refractivity contribution in [2.24, 2.45) is 22.7 Å². The van der Waals surface area contributed by atoms with E-state index in [-0.39, 0.29) is 37.6 Å². The van der Waals surface area contributed by atoms with Crippen LogP contribution >= 0.6 is 11.6 Å². The Morgan fingerprint density at radius 2 is 1.75 bits per heavy atom. The normalized spacial score (nSPS) is 28.0. The second-order valence-corrected chi connectivity index (χ2v) is 14.5. The lowest BCUT2D eigenvalue weighted by Gasteiger charge is -2.30. The summed E-state index contributed by atoms with van der Waals surface area (Å²) in [6, 6.07) is 13.4. The number of carbonyl (C=O) groups is 4. The van der Waals surface area contributed by atoms with E-state index in [1.807, 2.05) is 51.1 Å². The quantitative estimate of drug-likeness (QED) is 0.327. The number of methoxy groups -OCH3 is 1. The largest absolute Gasteiger partial charge is 0.495 e. The van der Waals surface area contributed by atoms with Gasteiger partial charge in [-0.1, -0.05) is 74.8 Å². The van der Waals surface area contributed by atoms with Crippen LogP contribution in [0.5, 0.6) is 5.75 Å². The lowest BCUT2D eigenvalue weighted by molar-refractivity contribution is -0.179. The standard InChI is InChI=1S/C37H47ClN2O8/c1-22(2)17-29-34(44)48-30(37(5)20-25(37)32(42)24-11-8-7-9-12-24)13-10-14-31(41)40-27(19-23-15-16-28(46-6)26(38)18-23)33(43)39-21-36(3,4)35(45)47-29/h7-12,14-16,18,22,25,27,29-30,32,42H,13,17,19-21H2,1-6H3,(H,39,43)(H,40,41)/b14-10+/t25?,27?,29?,30-,32?,37?/m0/s1. The van der Waals surface area contributed by atoms with Gasteiger partial charge in [-0.25, -0.2) is 4.79 Å². The van der Waals surface area contributed by atoms with Gasteiger partial charge in [0.25, 0.3) is 0 Å². The smallest absolute Gasteiger partial charge is 0.347 e. The van der Waals surface area contributed by atoms with Crippen LogP contribution in [-0.2, 0) is 35.1 Å². The highest BCUT2D eigenvalue weighted by molar-refractivity contribution is 6.32. The average Bonchev–Trinajstić information content (AvgIpc) is 3.74. The molecule has 48 heavy (non-hydrogen) atoms. The molecular weight excluding hydrogens is 636 g/mol. The van der Waals surface area contributed by atoms with Crippen molar-refractivity contribution in [2.75, 3.05) is 13.7 Å². The molecule has 2 aromatic rings. The maximum absolute atomic E-state index is 13.7. The zero-order valence-electron chi connectivity index (χ0n) is 28.5. The van der Waals surface area contributed by atoms with Crippen molar-refractivity contribution in [3.05, 3.63) is 76.8 Å². The van der Waals surface area contributed by atoms with Crippen molar-refractivity contribution in [3.63, 3.8) is 0 Å². The number of halogens is 1. The van der Waals surface area contributed by atoms with Gasteiger partial charge < -0.3 is 30.0 Å². The van der Waals surface area contributed by atoms with Crippen molar-refractivity contribution >= 4 is 35.4 Å². The molecule has 0 saturated heterocycles. The molecule has 6 atom stereocenters. The Balaban J connectivity index is 1.64. The van der Waals surface area contributed by atoms with Gasteiger partial charge in [-0.2, -0.15) is 0 Å². The Labute approximate surface area is 287 Å². The van der Waals surface area contributed by atoms with Gasteiger partial charge in [0.1, 0.15) is 17.9 Å². The van der Waals surface area contributed by atoms with E-state index in [0.29, 0.717) is 22.8 Å². The minimum atomic E-state index is -1.22. The summed E-state index contributed by atoms with van der Waals surface area (Å²) >= 11 is 6.32. The fraction of sp³-hybridized carbons (Fsp3) is 0.514. The molecule has 1 saturated carbocycles. The van der Waals surface area contributed by atoms with Gasteiger partial charge in [0.2, 0.25) is 11.8 Å². The summed E-state index contributed by atoms with van der Waals surface area (Å²) in [5.41, 5.74) is -0.380. The second-order valence-electron chi connectivity index (χ2n) is 14.1. The first-order chi connectivity index (χ1) is 22.6. The fourth-order valence-electron chi connectivity index (χ4n) is 6.02. The van der Waals surface area contributed by atoms with Gasteiger partial charge in [0.15, 0.2) is 6.10 Å². The van der Waals surface area contributed by atoms with Crippen LogP contribution in [0.2, 0.25) is 5.02 Å². The van der Waals surface area contributed by atoms with Crippen LogP contribution in [0.1, 0.15) is 71.1 Å². The van der Waals surface area contributed by atoms with Crippen molar-refractivity contribution in [1.82, 2.24) is 10.6 Å². The van der Waals surface area contributed by atoms with Crippen LogP contribution < -0.4 is 15.4 Å². The lowest BCUT2D eigenvalue weighted by Crippen LogP contribution is -2.51. The zero-order valence-corrected chi connectivity index (χ0v) is 29.2. The van der Waals surface area contributed by atoms with Gasteiger partial charge >= 0.3 is 11.9 Å².